The number of nitrogens with zero attached hydrogens (tertiary/aromatic N) is 1. The van der Waals surface area contributed by atoms with Crippen molar-refractivity contribution in [3.05, 3.63) is 12.7 Å². The summed E-state index contributed by atoms with van der Waals surface area (Å²) in [6.07, 6.45) is 0.806. The number of carbonyl (C=O) groups is 5. The molecule has 44 heavy (non-hydrogen) atoms. The highest BCUT2D eigenvalue weighted by Crippen LogP contribution is 2.03. The van der Waals surface area contributed by atoms with Gasteiger partial charge >= 0.3 is 11.9 Å². The van der Waals surface area contributed by atoms with Crippen molar-refractivity contribution in [2.24, 2.45) is 0 Å². The van der Waals surface area contributed by atoms with Gasteiger partial charge in [0, 0.05) is 45.4 Å². The third-order valence-electron chi connectivity index (χ3n) is 5.30. The standard InChI is InChI=1S/C26H45N3O14S/c1-2-12-43-26(35)6-11-29(10-5-25(33)34)24(32)4-3-22(30)27-8-14-40-16-18-42-20-19-41-17-15-39-13-7-23(31)28-9-21-44(36,37)38/h2H,1,3-21H2,(H,27,30)(H,28,31)(H,33,34)(H,36,37,38). The topological polar surface area (TPSA) is 233 Å². The van der Waals surface area contributed by atoms with Gasteiger partial charge < -0.3 is 44.3 Å². The molecular weight excluding hydrogens is 610 g/mol. The van der Waals surface area contributed by atoms with E-state index < -0.39 is 39.6 Å². The minimum atomic E-state index is -4.11. The number of hydrogen-bond acceptors (Lipinski definition) is 12. The molecule has 0 aliphatic carbocycles. The van der Waals surface area contributed by atoms with E-state index in [-0.39, 0.29) is 97.2 Å². The van der Waals surface area contributed by atoms with Crippen LogP contribution >= 0.6 is 0 Å². The molecule has 0 aliphatic heterocycles. The quantitative estimate of drug-likeness (QED) is 0.0320. The molecule has 0 saturated heterocycles. The molecule has 0 atom stereocenters. The van der Waals surface area contributed by atoms with Gasteiger partial charge in [0.25, 0.3) is 10.1 Å². The number of esters is 1. The van der Waals surface area contributed by atoms with Crippen molar-refractivity contribution < 1.29 is 65.7 Å². The van der Waals surface area contributed by atoms with E-state index in [4.69, 9.17) is 33.3 Å². The highest BCUT2D eigenvalue weighted by atomic mass is 32.2. The average molecular weight is 656 g/mol. The van der Waals surface area contributed by atoms with Crippen molar-refractivity contribution in [2.75, 3.05) is 91.4 Å². The van der Waals surface area contributed by atoms with Gasteiger partial charge in [-0.05, 0) is 0 Å². The van der Waals surface area contributed by atoms with Crippen molar-refractivity contribution in [1.29, 1.82) is 0 Å². The highest BCUT2D eigenvalue weighted by molar-refractivity contribution is 7.85. The molecule has 0 bridgehead atoms. The Morgan fingerprint density at radius 1 is 0.705 bits per heavy atom. The SMILES string of the molecule is C=CCOC(=O)CCN(CCC(=O)O)C(=O)CCC(=O)NCCOCCOCCOCCOCCC(=O)NCCS(=O)(=O)O. The summed E-state index contributed by atoms with van der Waals surface area (Å²) in [4.78, 5) is 59.7. The lowest BCUT2D eigenvalue weighted by Gasteiger charge is -2.21. The summed E-state index contributed by atoms with van der Waals surface area (Å²) < 4.78 is 55.8. The summed E-state index contributed by atoms with van der Waals surface area (Å²) in [5.41, 5.74) is 0. The maximum atomic E-state index is 12.5. The predicted octanol–water partition coefficient (Wildman–Crippen LogP) is -1.23. The monoisotopic (exact) mass is 655 g/mol. The number of ether oxygens (including phenoxy) is 5. The summed E-state index contributed by atoms with van der Waals surface area (Å²) in [5.74, 6) is -3.40. The van der Waals surface area contributed by atoms with Gasteiger partial charge in [0.1, 0.15) is 6.61 Å². The minimum Gasteiger partial charge on any atom is -0.481 e. The van der Waals surface area contributed by atoms with Gasteiger partial charge in [-0.2, -0.15) is 8.42 Å². The Labute approximate surface area is 257 Å². The first-order valence-electron chi connectivity index (χ1n) is 14.0. The lowest BCUT2D eigenvalue weighted by Crippen LogP contribution is -2.36. The van der Waals surface area contributed by atoms with E-state index in [0.29, 0.717) is 26.4 Å². The van der Waals surface area contributed by atoms with Crippen molar-refractivity contribution in [3.63, 3.8) is 0 Å². The van der Waals surface area contributed by atoms with Crippen LogP contribution in [0.25, 0.3) is 0 Å². The molecule has 0 aromatic carbocycles. The van der Waals surface area contributed by atoms with Gasteiger partial charge in [0.2, 0.25) is 17.7 Å². The molecule has 254 valence electrons. The normalized spacial score (nSPS) is 11.0. The Morgan fingerprint density at radius 2 is 1.23 bits per heavy atom. The van der Waals surface area contributed by atoms with E-state index in [9.17, 15) is 32.4 Å². The zero-order valence-corrected chi connectivity index (χ0v) is 25.7. The Hall–Kier alpha value is -3.16. The molecule has 0 unspecified atom stereocenters. The molecule has 0 spiro atoms. The predicted molar refractivity (Wildman–Crippen MR) is 154 cm³/mol. The van der Waals surface area contributed by atoms with Gasteiger partial charge in [-0.1, -0.05) is 12.7 Å². The first kappa shape index (κ1) is 40.8. The number of carboxylic acid groups (broad SMARTS) is 1. The fourth-order valence-corrected chi connectivity index (χ4v) is 3.47. The van der Waals surface area contributed by atoms with E-state index in [0.717, 1.165) is 0 Å². The summed E-state index contributed by atoms with van der Waals surface area (Å²) in [6.45, 7) is 5.57. The Bertz CT molecular complexity index is 977. The van der Waals surface area contributed by atoms with Crippen LogP contribution < -0.4 is 10.6 Å². The molecule has 17 nitrogen and oxygen atoms in total. The van der Waals surface area contributed by atoms with E-state index in [1.807, 2.05) is 0 Å². The van der Waals surface area contributed by atoms with E-state index in [1.165, 1.54) is 11.0 Å². The van der Waals surface area contributed by atoms with E-state index in [1.54, 1.807) is 0 Å². The first-order chi connectivity index (χ1) is 20.9. The molecule has 0 aliphatic rings. The fraction of sp³-hybridized carbons (Fsp3) is 0.731. The second-order valence-electron chi connectivity index (χ2n) is 8.93. The van der Waals surface area contributed by atoms with Gasteiger partial charge in [-0.15, -0.1) is 0 Å². The molecule has 0 fully saturated rings. The van der Waals surface area contributed by atoms with Crippen molar-refractivity contribution in [1.82, 2.24) is 15.5 Å². The van der Waals surface area contributed by atoms with Crippen molar-refractivity contribution >= 4 is 39.8 Å². The summed E-state index contributed by atoms with van der Waals surface area (Å²) in [7, 11) is -4.11. The number of carboxylic acids is 1. The zero-order chi connectivity index (χ0) is 33.1. The third-order valence-corrected chi connectivity index (χ3v) is 6.02. The molecule has 0 rings (SSSR count). The molecule has 0 aromatic heterocycles. The number of hydrogen-bond donors (Lipinski definition) is 4. The maximum Gasteiger partial charge on any atom is 0.307 e. The van der Waals surface area contributed by atoms with Crippen LogP contribution in [0.3, 0.4) is 0 Å². The Kier molecular flexibility index (Phi) is 24.4. The molecule has 0 saturated carbocycles. The van der Waals surface area contributed by atoms with Crippen LogP contribution in [-0.4, -0.2) is 144 Å². The fourth-order valence-electron chi connectivity index (χ4n) is 3.11. The largest absolute Gasteiger partial charge is 0.481 e. The molecule has 3 amide bonds. The van der Waals surface area contributed by atoms with Crippen LogP contribution in [0.1, 0.15) is 32.1 Å². The molecule has 0 heterocycles. The van der Waals surface area contributed by atoms with E-state index >= 15 is 0 Å². The highest BCUT2D eigenvalue weighted by Gasteiger charge is 2.18. The number of carbonyl (C=O) groups excluding carboxylic acids is 4. The van der Waals surface area contributed by atoms with Crippen molar-refractivity contribution in [3.8, 4) is 0 Å². The van der Waals surface area contributed by atoms with Gasteiger partial charge in [-0.25, -0.2) is 0 Å². The molecule has 0 aromatic rings. The third kappa shape index (κ3) is 27.7. The molecule has 18 heteroatoms. The average Bonchev–Trinajstić information content (AvgIpc) is 2.95. The second-order valence-corrected chi connectivity index (χ2v) is 10.5. The summed E-state index contributed by atoms with van der Waals surface area (Å²) >= 11 is 0. The van der Waals surface area contributed by atoms with Crippen LogP contribution in [0.5, 0.6) is 0 Å². The maximum absolute atomic E-state index is 12.5. The molecular formula is C26H45N3O14S. The summed E-state index contributed by atoms with van der Waals surface area (Å²) in [6, 6.07) is 0. The Balaban J connectivity index is 3.75. The number of nitrogens with one attached hydrogen (secondary N) is 2. The van der Waals surface area contributed by atoms with Crippen LogP contribution in [-0.2, 0) is 57.8 Å². The number of amides is 3. The summed E-state index contributed by atoms with van der Waals surface area (Å²) in [5, 5.41) is 13.9. The van der Waals surface area contributed by atoms with Crippen LogP contribution in [0.4, 0.5) is 0 Å². The lowest BCUT2D eigenvalue weighted by molar-refractivity contribution is -0.143. The van der Waals surface area contributed by atoms with Crippen LogP contribution in [0, 0.1) is 0 Å². The lowest BCUT2D eigenvalue weighted by atomic mass is 10.2. The second kappa shape index (κ2) is 26.3. The molecule has 0 radical (unpaired) electrons. The zero-order valence-electron chi connectivity index (χ0n) is 24.9. The minimum absolute atomic E-state index is 0.0190. The first-order valence-corrected chi connectivity index (χ1v) is 15.6. The van der Waals surface area contributed by atoms with Crippen LogP contribution in [0.2, 0.25) is 0 Å². The van der Waals surface area contributed by atoms with Gasteiger partial charge in [0.05, 0.1) is 71.4 Å². The number of aliphatic carboxylic acids is 1. The molecule has 4 N–H and O–H groups in total. The van der Waals surface area contributed by atoms with Gasteiger partial charge in [0.15, 0.2) is 0 Å². The van der Waals surface area contributed by atoms with Gasteiger partial charge in [-0.3, -0.25) is 28.5 Å². The smallest absolute Gasteiger partial charge is 0.307 e. The number of rotatable bonds is 29. The van der Waals surface area contributed by atoms with E-state index in [2.05, 4.69) is 17.2 Å². The van der Waals surface area contributed by atoms with Crippen LogP contribution in [0.15, 0.2) is 12.7 Å². The Morgan fingerprint density at radius 3 is 1.80 bits per heavy atom. The van der Waals surface area contributed by atoms with Crippen molar-refractivity contribution in [2.45, 2.75) is 32.1 Å².